The predicted molar refractivity (Wildman–Crippen MR) is 64.5 cm³/mol. The Kier molecular flexibility index (Phi) is 3.41. The highest BCUT2D eigenvalue weighted by Crippen LogP contribution is 2.20. The quantitative estimate of drug-likeness (QED) is 0.836. The van der Waals surface area contributed by atoms with Crippen LogP contribution in [0, 0.1) is 0 Å². The van der Waals surface area contributed by atoms with E-state index in [-0.39, 0.29) is 6.04 Å². The number of pyridine rings is 1. The van der Waals surface area contributed by atoms with Crippen LogP contribution in [0.15, 0.2) is 18.3 Å². The second kappa shape index (κ2) is 4.80. The number of hydrogen-bond donors (Lipinski definition) is 1. The van der Waals surface area contributed by atoms with E-state index >= 15 is 0 Å². The van der Waals surface area contributed by atoms with Crippen LogP contribution in [0.2, 0.25) is 0 Å². The number of nitrogens with zero attached hydrogens (tertiary/aromatic N) is 2. The summed E-state index contributed by atoms with van der Waals surface area (Å²) in [5.74, 6) is 0. The maximum Gasteiger partial charge on any atom is 0.0670 e. The summed E-state index contributed by atoms with van der Waals surface area (Å²) < 4.78 is 5.38. The molecule has 1 unspecified atom stereocenters. The van der Waals surface area contributed by atoms with Crippen molar-refractivity contribution in [2.75, 3.05) is 25.2 Å². The minimum atomic E-state index is -0.00540. The number of aromatic nitrogens is 1. The summed E-state index contributed by atoms with van der Waals surface area (Å²) in [4.78, 5) is 6.59. The zero-order chi connectivity index (χ0) is 11.5. The Balaban J connectivity index is 2.08. The van der Waals surface area contributed by atoms with E-state index in [1.807, 2.05) is 19.2 Å². The van der Waals surface area contributed by atoms with Crippen molar-refractivity contribution in [3.8, 4) is 0 Å². The Morgan fingerprint density at radius 1 is 1.56 bits per heavy atom. The van der Waals surface area contributed by atoms with Gasteiger partial charge in [0.25, 0.3) is 0 Å². The van der Waals surface area contributed by atoms with Gasteiger partial charge in [0, 0.05) is 19.7 Å². The van der Waals surface area contributed by atoms with Gasteiger partial charge >= 0.3 is 0 Å². The maximum atomic E-state index is 5.77. The fourth-order valence-electron chi connectivity index (χ4n) is 1.91. The van der Waals surface area contributed by atoms with E-state index in [1.165, 1.54) is 0 Å². The van der Waals surface area contributed by atoms with Gasteiger partial charge in [0.15, 0.2) is 0 Å². The molecular formula is C12H19N3O. The van der Waals surface area contributed by atoms with E-state index in [9.17, 15) is 0 Å². The lowest BCUT2D eigenvalue weighted by Crippen LogP contribution is -2.31. The Labute approximate surface area is 96.4 Å². The van der Waals surface area contributed by atoms with Crippen molar-refractivity contribution >= 4 is 5.69 Å². The zero-order valence-corrected chi connectivity index (χ0v) is 9.89. The van der Waals surface area contributed by atoms with Crippen molar-refractivity contribution in [2.24, 2.45) is 5.73 Å². The molecule has 0 aliphatic carbocycles. The molecule has 0 saturated carbocycles. The molecule has 0 spiro atoms. The highest BCUT2D eigenvalue weighted by atomic mass is 16.5. The normalized spacial score (nSPS) is 22.1. The van der Waals surface area contributed by atoms with E-state index in [0.29, 0.717) is 6.04 Å². The molecule has 0 radical (unpaired) electrons. The lowest BCUT2D eigenvalue weighted by atomic mass is 10.2. The monoisotopic (exact) mass is 221 g/mol. The van der Waals surface area contributed by atoms with Crippen molar-refractivity contribution in [1.82, 2.24) is 4.98 Å². The fraction of sp³-hybridized carbons (Fsp3) is 0.583. The van der Waals surface area contributed by atoms with Gasteiger partial charge < -0.3 is 15.4 Å². The Morgan fingerprint density at radius 3 is 2.88 bits per heavy atom. The molecule has 2 N–H and O–H groups in total. The van der Waals surface area contributed by atoms with Crippen LogP contribution in [0.4, 0.5) is 5.69 Å². The van der Waals surface area contributed by atoms with Gasteiger partial charge in [-0.25, -0.2) is 0 Å². The third kappa shape index (κ3) is 2.33. The largest absolute Gasteiger partial charge is 0.379 e. The van der Waals surface area contributed by atoms with E-state index in [1.54, 1.807) is 0 Å². The van der Waals surface area contributed by atoms with Gasteiger partial charge in [0.05, 0.1) is 30.2 Å². The molecule has 1 aromatic rings. The smallest absolute Gasteiger partial charge is 0.0670 e. The number of likely N-dealkylation sites (N-methyl/N-ethyl adjacent to an activating group) is 1. The summed E-state index contributed by atoms with van der Waals surface area (Å²) in [6.07, 6.45) is 2.97. The first-order chi connectivity index (χ1) is 7.68. The minimum absolute atomic E-state index is 0.00540. The molecule has 2 heterocycles. The first kappa shape index (κ1) is 11.4. The summed E-state index contributed by atoms with van der Waals surface area (Å²) in [7, 11) is 2.09. The molecule has 4 nitrogen and oxygen atoms in total. The van der Waals surface area contributed by atoms with E-state index in [0.717, 1.165) is 31.0 Å². The van der Waals surface area contributed by atoms with Crippen molar-refractivity contribution in [3.63, 3.8) is 0 Å². The number of nitrogens with two attached hydrogens (primary N) is 1. The molecule has 1 fully saturated rings. The summed E-state index contributed by atoms with van der Waals surface area (Å²) in [6, 6.07) is 4.54. The van der Waals surface area contributed by atoms with Crippen LogP contribution in [-0.2, 0) is 4.74 Å². The zero-order valence-electron chi connectivity index (χ0n) is 9.89. The minimum Gasteiger partial charge on any atom is -0.379 e. The highest BCUT2D eigenvalue weighted by Gasteiger charge is 2.20. The molecular weight excluding hydrogens is 202 g/mol. The summed E-state index contributed by atoms with van der Waals surface area (Å²) in [6.45, 7) is 3.61. The topological polar surface area (TPSA) is 51.4 Å². The van der Waals surface area contributed by atoms with Crippen LogP contribution in [0.3, 0.4) is 0 Å². The number of ether oxygens (including phenoxy) is 1. The van der Waals surface area contributed by atoms with Gasteiger partial charge in [-0.15, -0.1) is 0 Å². The van der Waals surface area contributed by atoms with Crippen molar-refractivity contribution < 1.29 is 4.74 Å². The Hall–Kier alpha value is -1.13. The second-order valence-corrected chi connectivity index (χ2v) is 4.36. The highest BCUT2D eigenvalue weighted by molar-refractivity contribution is 5.45. The van der Waals surface area contributed by atoms with Gasteiger partial charge in [-0.1, -0.05) is 0 Å². The van der Waals surface area contributed by atoms with Crippen molar-refractivity contribution in [3.05, 3.63) is 24.0 Å². The number of rotatable bonds is 3. The number of anilines is 1. The molecule has 0 amide bonds. The van der Waals surface area contributed by atoms with Crippen LogP contribution < -0.4 is 10.6 Å². The van der Waals surface area contributed by atoms with E-state index in [2.05, 4.69) is 23.0 Å². The van der Waals surface area contributed by atoms with Gasteiger partial charge in [0.2, 0.25) is 0 Å². The summed E-state index contributed by atoms with van der Waals surface area (Å²) >= 11 is 0. The third-order valence-electron chi connectivity index (χ3n) is 3.10. The molecule has 1 aliphatic rings. The van der Waals surface area contributed by atoms with Crippen LogP contribution >= 0.6 is 0 Å². The molecule has 4 heteroatoms. The van der Waals surface area contributed by atoms with Crippen LogP contribution in [0.5, 0.6) is 0 Å². The van der Waals surface area contributed by atoms with Gasteiger partial charge in [-0.2, -0.15) is 0 Å². The molecule has 1 aliphatic heterocycles. The SMILES string of the molecule is C[C@@H](N)c1ccc(N(C)C2CCOC2)cn1. The first-order valence-electron chi connectivity index (χ1n) is 5.70. The lowest BCUT2D eigenvalue weighted by Gasteiger charge is -2.25. The van der Waals surface area contributed by atoms with Gasteiger partial charge in [0.1, 0.15) is 0 Å². The summed E-state index contributed by atoms with van der Waals surface area (Å²) in [5.41, 5.74) is 7.82. The molecule has 1 saturated heterocycles. The maximum absolute atomic E-state index is 5.77. The lowest BCUT2D eigenvalue weighted by molar-refractivity contribution is 0.193. The Morgan fingerprint density at radius 2 is 2.38 bits per heavy atom. The molecule has 0 aromatic carbocycles. The average molecular weight is 221 g/mol. The predicted octanol–water partition coefficient (Wildman–Crippen LogP) is 1.33. The summed E-state index contributed by atoms with van der Waals surface area (Å²) in [5, 5.41) is 0. The number of hydrogen-bond acceptors (Lipinski definition) is 4. The van der Waals surface area contributed by atoms with Crippen molar-refractivity contribution in [1.29, 1.82) is 0 Å². The van der Waals surface area contributed by atoms with E-state index in [4.69, 9.17) is 10.5 Å². The molecule has 88 valence electrons. The standard InChI is InChI=1S/C12H19N3O/c1-9(13)12-4-3-10(7-14-12)15(2)11-5-6-16-8-11/h3-4,7,9,11H,5-6,8,13H2,1-2H3/t9-,11?/m1/s1. The third-order valence-corrected chi connectivity index (χ3v) is 3.10. The van der Waals surface area contributed by atoms with Crippen LogP contribution in [-0.4, -0.2) is 31.3 Å². The average Bonchev–Trinajstić information content (AvgIpc) is 2.81. The second-order valence-electron chi connectivity index (χ2n) is 4.36. The fourth-order valence-corrected chi connectivity index (χ4v) is 1.91. The first-order valence-corrected chi connectivity index (χ1v) is 5.70. The molecule has 16 heavy (non-hydrogen) atoms. The van der Waals surface area contributed by atoms with Gasteiger partial charge in [-0.05, 0) is 25.5 Å². The molecule has 1 aromatic heterocycles. The molecule has 0 bridgehead atoms. The van der Waals surface area contributed by atoms with Gasteiger partial charge in [-0.3, -0.25) is 4.98 Å². The van der Waals surface area contributed by atoms with Crippen LogP contribution in [0.25, 0.3) is 0 Å². The Bertz CT molecular complexity index is 331. The molecule has 2 atom stereocenters. The van der Waals surface area contributed by atoms with Crippen molar-refractivity contribution in [2.45, 2.75) is 25.4 Å². The van der Waals surface area contributed by atoms with E-state index < -0.39 is 0 Å². The molecule has 2 rings (SSSR count). The van der Waals surface area contributed by atoms with Crippen LogP contribution in [0.1, 0.15) is 25.1 Å².